The molecule has 0 radical (unpaired) electrons. The third-order valence-electron chi connectivity index (χ3n) is 5.19. The van der Waals surface area contributed by atoms with E-state index in [2.05, 4.69) is 26.6 Å². The van der Waals surface area contributed by atoms with Crippen molar-refractivity contribution in [3.8, 4) is 5.75 Å². The van der Waals surface area contributed by atoms with Gasteiger partial charge in [-0.05, 0) is 54.8 Å². The normalized spacial score (nSPS) is 10.5. The van der Waals surface area contributed by atoms with Crippen LogP contribution in [0.3, 0.4) is 0 Å². The average molecular weight is 514 g/mol. The lowest BCUT2D eigenvalue weighted by molar-refractivity contribution is 0.0525. The number of rotatable bonds is 10. The number of carbonyl (C=O) groups is 2. The monoisotopic (exact) mass is 513 g/mol. The fourth-order valence-electron chi connectivity index (χ4n) is 3.52. The zero-order chi connectivity index (χ0) is 23.8. The van der Waals surface area contributed by atoms with E-state index < -0.39 is 5.97 Å². The molecule has 3 rings (SSSR count). The van der Waals surface area contributed by atoms with Gasteiger partial charge in [0.2, 0.25) is 0 Å². The third kappa shape index (κ3) is 5.96. The first-order chi connectivity index (χ1) is 16.0. The fraction of sp³-hybridized carbons (Fsp3) is 0.280. The van der Waals surface area contributed by atoms with E-state index in [0.29, 0.717) is 36.5 Å². The van der Waals surface area contributed by atoms with Gasteiger partial charge in [-0.1, -0.05) is 41.1 Å². The number of nitrogens with zero attached hydrogens (tertiary/aromatic N) is 1. The summed E-state index contributed by atoms with van der Waals surface area (Å²) in [4.78, 5) is 25.8. The van der Waals surface area contributed by atoms with Crippen molar-refractivity contribution in [2.45, 2.75) is 33.5 Å². The smallest absolute Gasteiger partial charge is 0.339 e. The van der Waals surface area contributed by atoms with Gasteiger partial charge in [-0.25, -0.2) is 4.79 Å². The van der Waals surface area contributed by atoms with Gasteiger partial charge < -0.3 is 24.7 Å². The van der Waals surface area contributed by atoms with Crippen LogP contribution in [0.1, 0.15) is 45.8 Å². The Balaban J connectivity index is 1.88. The van der Waals surface area contributed by atoms with Crippen molar-refractivity contribution in [2.75, 3.05) is 19.0 Å². The van der Waals surface area contributed by atoms with Gasteiger partial charge in [-0.3, -0.25) is 4.79 Å². The number of aromatic nitrogens is 1. The number of halogens is 1. The molecule has 0 saturated heterocycles. The van der Waals surface area contributed by atoms with Gasteiger partial charge in [-0.2, -0.15) is 0 Å². The number of carbonyl (C=O) groups excluding carboxylic acids is 2. The number of ether oxygens (including phenoxy) is 2. The highest BCUT2D eigenvalue weighted by atomic mass is 79.9. The van der Waals surface area contributed by atoms with Crippen molar-refractivity contribution < 1.29 is 19.1 Å². The van der Waals surface area contributed by atoms with Gasteiger partial charge in [0, 0.05) is 22.9 Å². The molecule has 1 amide bonds. The van der Waals surface area contributed by atoms with Gasteiger partial charge >= 0.3 is 5.97 Å². The Morgan fingerprint density at radius 2 is 1.79 bits per heavy atom. The van der Waals surface area contributed by atoms with E-state index in [1.54, 1.807) is 24.8 Å². The van der Waals surface area contributed by atoms with Crippen molar-refractivity contribution in [3.63, 3.8) is 0 Å². The minimum absolute atomic E-state index is 0.255. The van der Waals surface area contributed by atoms with Crippen LogP contribution in [0.15, 0.2) is 59.2 Å². The van der Waals surface area contributed by atoms with Crippen molar-refractivity contribution in [3.05, 3.63) is 81.6 Å². The standard InChI is InChI=1S/C25H28BrN3O4/c1-4-20-21(25(31)33-5-2)15-29(16-28-18-10-12-19(32-3)13-11-18)23(20)24(30)27-14-17-8-6-7-9-22(17)26/h6-13,15,28H,4-5,14,16H2,1-3H3,(H,27,30). The second-order valence-corrected chi connectivity index (χ2v) is 8.11. The molecule has 8 heteroatoms. The number of amides is 1. The molecule has 7 nitrogen and oxygen atoms in total. The summed E-state index contributed by atoms with van der Waals surface area (Å²) in [5, 5.41) is 6.28. The molecule has 1 aromatic heterocycles. The number of hydrogen-bond donors (Lipinski definition) is 2. The second-order valence-electron chi connectivity index (χ2n) is 7.25. The summed E-state index contributed by atoms with van der Waals surface area (Å²) in [5.74, 6) is 0.0682. The van der Waals surface area contributed by atoms with Crippen LogP contribution in [0, 0.1) is 0 Å². The van der Waals surface area contributed by atoms with E-state index >= 15 is 0 Å². The Kier molecular flexibility index (Phi) is 8.54. The molecule has 3 aromatic rings. The lowest BCUT2D eigenvalue weighted by atomic mass is 10.1. The van der Waals surface area contributed by atoms with E-state index in [9.17, 15) is 9.59 Å². The molecule has 0 unspecified atom stereocenters. The molecule has 2 N–H and O–H groups in total. The highest BCUT2D eigenvalue weighted by Gasteiger charge is 2.25. The molecule has 174 valence electrons. The first-order valence-electron chi connectivity index (χ1n) is 10.8. The molecule has 33 heavy (non-hydrogen) atoms. The molecule has 0 atom stereocenters. The average Bonchev–Trinajstić information content (AvgIpc) is 3.21. The third-order valence-corrected chi connectivity index (χ3v) is 5.96. The number of hydrogen-bond acceptors (Lipinski definition) is 5. The number of esters is 1. The summed E-state index contributed by atoms with van der Waals surface area (Å²) in [5.41, 5.74) is 3.33. The molecule has 0 saturated carbocycles. The minimum atomic E-state index is -0.433. The van der Waals surface area contributed by atoms with Crippen molar-refractivity contribution in [2.24, 2.45) is 0 Å². The lowest BCUT2D eigenvalue weighted by Crippen LogP contribution is -2.27. The Labute approximate surface area is 202 Å². The van der Waals surface area contributed by atoms with Crippen LogP contribution in [0.2, 0.25) is 0 Å². The zero-order valence-electron chi connectivity index (χ0n) is 19.0. The largest absolute Gasteiger partial charge is 0.497 e. The van der Waals surface area contributed by atoms with Gasteiger partial charge in [0.05, 0.1) is 25.9 Å². The van der Waals surface area contributed by atoms with Crippen LogP contribution in [-0.4, -0.2) is 30.2 Å². The predicted molar refractivity (Wildman–Crippen MR) is 132 cm³/mol. The van der Waals surface area contributed by atoms with Crippen LogP contribution >= 0.6 is 15.9 Å². The summed E-state index contributed by atoms with van der Waals surface area (Å²) in [6.07, 6.45) is 2.20. The molecule has 0 bridgehead atoms. The van der Waals surface area contributed by atoms with Crippen LogP contribution in [-0.2, 0) is 24.4 Å². The minimum Gasteiger partial charge on any atom is -0.497 e. The van der Waals surface area contributed by atoms with Crippen LogP contribution in [0.5, 0.6) is 5.75 Å². The summed E-state index contributed by atoms with van der Waals surface area (Å²) in [6.45, 7) is 4.60. The Morgan fingerprint density at radius 3 is 2.42 bits per heavy atom. The van der Waals surface area contributed by atoms with Gasteiger partial charge in [0.1, 0.15) is 11.4 Å². The molecule has 2 aromatic carbocycles. The maximum Gasteiger partial charge on any atom is 0.339 e. The maximum absolute atomic E-state index is 13.3. The van der Waals surface area contributed by atoms with Crippen molar-refractivity contribution in [1.29, 1.82) is 0 Å². The quantitative estimate of drug-likeness (QED) is 0.373. The molecule has 0 aliphatic rings. The maximum atomic E-state index is 13.3. The fourth-order valence-corrected chi connectivity index (χ4v) is 3.95. The highest BCUT2D eigenvalue weighted by Crippen LogP contribution is 2.22. The molecule has 1 heterocycles. The number of anilines is 1. The van der Waals surface area contributed by atoms with E-state index in [1.165, 1.54) is 0 Å². The van der Waals surface area contributed by atoms with Gasteiger partial charge in [-0.15, -0.1) is 0 Å². The topological polar surface area (TPSA) is 81.6 Å². The van der Waals surface area contributed by atoms with E-state index in [1.807, 2.05) is 55.5 Å². The molecule has 0 spiro atoms. The molecule has 0 aliphatic heterocycles. The zero-order valence-corrected chi connectivity index (χ0v) is 20.6. The van der Waals surface area contributed by atoms with E-state index in [-0.39, 0.29) is 12.5 Å². The first kappa shape index (κ1) is 24.4. The van der Waals surface area contributed by atoms with Crippen molar-refractivity contribution >= 4 is 33.5 Å². The summed E-state index contributed by atoms with van der Waals surface area (Å²) in [6, 6.07) is 15.2. The summed E-state index contributed by atoms with van der Waals surface area (Å²) in [7, 11) is 1.62. The summed E-state index contributed by atoms with van der Waals surface area (Å²) >= 11 is 3.51. The second kappa shape index (κ2) is 11.6. The molecular formula is C25H28BrN3O4. The van der Waals surface area contributed by atoms with Crippen LogP contribution < -0.4 is 15.4 Å². The van der Waals surface area contributed by atoms with Gasteiger partial charge in [0.25, 0.3) is 5.91 Å². The molecule has 0 fully saturated rings. The van der Waals surface area contributed by atoms with Gasteiger partial charge in [0.15, 0.2) is 0 Å². The predicted octanol–water partition coefficient (Wildman–Crippen LogP) is 5.00. The van der Waals surface area contributed by atoms with Crippen LogP contribution in [0.4, 0.5) is 5.69 Å². The first-order valence-corrected chi connectivity index (χ1v) is 11.6. The van der Waals surface area contributed by atoms with Crippen LogP contribution in [0.25, 0.3) is 0 Å². The number of benzene rings is 2. The molecular weight excluding hydrogens is 486 g/mol. The van der Waals surface area contributed by atoms with E-state index in [0.717, 1.165) is 21.5 Å². The molecule has 0 aliphatic carbocycles. The highest BCUT2D eigenvalue weighted by molar-refractivity contribution is 9.10. The SMILES string of the molecule is CCOC(=O)c1cn(CNc2ccc(OC)cc2)c(C(=O)NCc2ccccc2Br)c1CC. The summed E-state index contributed by atoms with van der Waals surface area (Å²) < 4.78 is 13.1. The Morgan fingerprint density at radius 1 is 1.06 bits per heavy atom. The Hall–Kier alpha value is -3.26. The number of methoxy groups -OCH3 is 1. The van der Waals surface area contributed by atoms with E-state index in [4.69, 9.17) is 9.47 Å². The lowest BCUT2D eigenvalue weighted by Gasteiger charge is -2.14. The number of nitrogens with one attached hydrogen (secondary N) is 2. The van der Waals surface area contributed by atoms with Crippen molar-refractivity contribution in [1.82, 2.24) is 9.88 Å². The Bertz CT molecular complexity index is 1110.